The topological polar surface area (TPSA) is 346 Å². The molecule has 598 valence electrons. The molecule has 1 atom stereocenters. The molecule has 28 nitrogen and oxygen atoms in total. The molecule has 2 aliphatic rings. The van der Waals surface area contributed by atoms with Gasteiger partial charge in [0, 0.05) is 130 Å². The minimum absolute atomic E-state index is 0.0113. The third-order valence-corrected chi connectivity index (χ3v) is 19.6. The lowest BCUT2D eigenvalue weighted by Gasteiger charge is -2.34. The number of carbonyl (C=O) groups excluding carboxylic acids is 8. The molecule has 1 fully saturated rings. The Kier molecular flexibility index (Phi) is 35.3. The lowest BCUT2D eigenvalue weighted by atomic mass is 9.94. The summed E-state index contributed by atoms with van der Waals surface area (Å²) in [4.78, 5) is 132. The number of amides is 5. The Morgan fingerprint density at radius 3 is 1.46 bits per heavy atom. The summed E-state index contributed by atoms with van der Waals surface area (Å²) in [5.41, 5.74) is 0.741. The van der Waals surface area contributed by atoms with Crippen molar-refractivity contribution in [2.75, 3.05) is 125 Å². The van der Waals surface area contributed by atoms with E-state index in [0.29, 0.717) is 176 Å². The monoisotopic (exact) mass is 1520 g/mol. The van der Waals surface area contributed by atoms with E-state index >= 15 is 0 Å². The Morgan fingerprint density at radius 1 is 0.551 bits per heavy atom. The number of sulfonamides is 1. The number of nitrogens with zero attached hydrogens (tertiary/aromatic N) is 6. The summed E-state index contributed by atoms with van der Waals surface area (Å²) in [7, 11) is -0.768. The number of aliphatic imine (C=N–C) groups is 1. The maximum atomic E-state index is 14.2. The molecule has 29 heteroatoms. The van der Waals surface area contributed by atoms with Crippen molar-refractivity contribution in [2.24, 2.45) is 4.99 Å². The molecule has 0 bridgehead atoms. The van der Waals surface area contributed by atoms with Crippen LogP contribution in [0.15, 0.2) is 46.3 Å². The smallest absolute Gasteiger partial charge is 0.336 e. The van der Waals surface area contributed by atoms with Gasteiger partial charge in [0.25, 0.3) is 15.9 Å². The van der Waals surface area contributed by atoms with Gasteiger partial charge in [-0.2, -0.15) is 0 Å². The summed E-state index contributed by atoms with van der Waals surface area (Å²) >= 11 is 0. The van der Waals surface area contributed by atoms with Crippen LogP contribution >= 0.6 is 0 Å². The molecule has 0 aliphatic carbocycles. The Labute approximate surface area is 634 Å². The van der Waals surface area contributed by atoms with Gasteiger partial charge in [-0.1, -0.05) is 30.7 Å². The Bertz CT molecular complexity index is 3630. The zero-order valence-electron chi connectivity index (χ0n) is 66.6. The first-order chi connectivity index (χ1) is 50.1. The van der Waals surface area contributed by atoms with E-state index in [1.807, 2.05) is 103 Å². The molecule has 7 N–H and O–H groups in total. The van der Waals surface area contributed by atoms with Gasteiger partial charge in [0.2, 0.25) is 29.6 Å². The predicted octanol–water partition coefficient (Wildman–Crippen LogP) is 6.95. The minimum Gasteiger partial charge on any atom is -0.487 e. The van der Waals surface area contributed by atoms with E-state index in [9.17, 15) is 56.7 Å². The number of carboxylic acid groups (broad SMARTS) is 1. The molecule has 0 unspecified atom stereocenters. The van der Waals surface area contributed by atoms with Crippen molar-refractivity contribution in [1.82, 2.24) is 55.8 Å². The Balaban J connectivity index is 1.08. The van der Waals surface area contributed by atoms with E-state index in [-0.39, 0.29) is 110 Å². The van der Waals surface area contributed by atoms with Crippen LogP contribution in [0.1, 0.15) is 203 Å². The summed E-state index contributed by atoms with van der Waals surface area (Å²) in [5, 5.41) is 25.4. The predicted molar refractivity (Wildman–Crippen MR) is 413 cm³/mol. The van der Waals surface area contributed by atoms with Crippen molar-refractivity contribution >= 4 is 80.2 Å². The quantitative estimate of drug-likeness (QED) is 0.0102. The first kappa shape index (κ1) is 89.6. The van der Waals surface area contributed by atoms with Gasteiger partial charge in [0.1, 0.15) is 34.2 Å². The third-order valence-electron chi connectivity index (χ3n) is 18.0. The summed E-state index contributed by atoms with van der Waals surface area (Å²) in [6.45, 7) is 30.8. The van der Waals surface area contributed by atoms with Gasteiger partial charge in [0.05, 0.1) is 36.6 Å². The van der Waals surface area contributed by atoms with Crippen LogP contribution in [0.4, 0.5) is 0 Å². The van der Waals surface area contributed by atoms with Gasteiger partial charge in [-0.05, 0) is 201 Å². The summed E-state index contributed by atoms with van der Waals surface area (Å²) in [6, 6.07) is 8.85. The number of guanidine groups is 1. The van der Waals surface area contributed by atoms with Gasteiger partial charge >= 0.3 is 23.9 Å². The molecule has 0 saturated carbocycles. The number of nitrogens with one attached hydrogen (secondary N) is 6. The van der Waals surface area contributed by atoms with Crippen molar-refractivity contribution in [1.29, 1.82) is 0 Å². The number of fused-ring (bicyclic) bond motifs is 2. The van der Waals surface area contributed by atoms with Crippen molar-refractivity contribution < 1.29 is 75.6 Å². The molecule has 2 aliphatic heterocycles. The number of rotatable bonds is 36. The molecule has 2 heterocycles. The third kappa shape index (κ3) is 32.4. The molecule has 1 saturated heterocycles. The number of esters is 3. The van der Waals surface area contributed by atoms with Crippen LogP contribution < -0.4 is 36.0 Å². The van der Waals surface area contributed by atoms with Crippen LogP contribution in [0.25, 0.3) is 10.8 Å². The largest absolute Gasteiger partial charge is 0.487 e. The highest BCUT2D eigenvalue weighted by molar-refractivity contribution is 7.90. The van der Waals surface area contributed by atoms with Crippen LogP contribution in [0, 0.1) is 20.8 Å². The van der Waals surface area contributed by atoms with E-state index < -0.39 is 50.3 Å². The number of ether oxygens (including phenoxy) is 4. The number of benzene rings is 3. The van der Waals surface area contributed by atoms with E-state index in [0.717, 1.165) is 17.5 Å². The lowest BCUT2D eigenvalue weighted by Crippen LogP contribution is -2.50. The molecule has 3 aromatic carbocycles. The Hall–Kier alpha value is -7.99. The van der Waals surface area contributed by atoms with Gasteiger partial charge in [0.15, 0.2) is 0 Å². The van der Waals surface area contributed by atoms with Crippen LogP contribution in [-0.2, 0) is 64.2 Å². The van der Waals surface area contributed by atoms with Gasteiger partial charge in [-0.3, -0.25) is 62.9 Å². The maximum Gasteiger partial charge on any atom is 0.336 e. The second kappa shape index (κ2) is 42.1. The van der Waals surface area contributed by atoms with Crippen LogP contribution in [0.5, 0.6) is 5.75 Å². The van der Waals surface area contributed by atoms with Crippen molar-refractivity contribution in [3.8, 4) is 5.75 Å². The zero-order valence-corrected chi connectivity index (χ0v) is 67.4. The highest BCUT2D eigenvalue weighted by Gasteiger charge is 2.38. The molecule has 0 spiro atoms. The zero-order chi connectivity index (χ0) is 79.5. The molecule has 0 aromatic heterocycles. The molecule has 0 radical (unpaired) electrons. The standard InChI is InChI=1S/C78H124N12O16S/c1-54-55(2)70(56(3)61-49-78(13,14)106-69(54)61)107(101,102)85-74(86(15)16)83-40-28-31-62(72(98)82-39-27-19-26-38-81-71(97)59-34-35-60(73(99)100)58-30-23-22-29-57(58)59)84-64(92)33-21-17-20-32-63(91)79-36-24-18-25-37-80-65(93)50-87-41-43-88(51-66(94)103-75(4,5)6)45-47-90(53-68(96)105-77(10,11)12)48-46-89(44-42-87)52-67(95)104-76(7,8)9/h22-23,29-30,34-35,62H,17-21,24-28,31-33,36-53H2,1-16H3,(H,79,91)(H,80,93)(H,81,97)(H,82,98)(H,83,85)(H,84,92)(H,99,100)/t62-/m0/s1. The number of hydrogen-bond donors (Lipinski definition) is 7. The normalized spacial score (nSPS) is 15.5. The van der Waals surface area contributed by atoms with Gasteiger partial charge in [-0.25, -0.2) is 17.9 Å². The van der Waals surface area contributed by atoms with Gasteiger partial charge < -0.3 is 55.5 Å². The van der Waals surface area contributed by atoms with Crippen LogP contribution in [0.3, 0.4) is 0 Å². The minimum atomic E-state index is -4.12. The number of carboxylic acids is 1. The lowest BCUT2D eigenvalue weighted by molar-refractivity contribution is -0.158. The van der Waals surface area contributed by atoms with Crippen molar-refractivity contribution in [3.63, 3.8) is 0 Å². The molecule has 3 aromatic rings. The maximum absolute atomic E-state index is 14.2. The average Bonchev–Trinajstić information content (AvgIpc) is 1.66. The number of aromatic carboxylic acids is 1. The molecule has 5 amide bonds. The van der Waals surface area contributed by atoms with E-state index in [1.54, 1.807) is 57.1 Å². The second-order valence-electron chi connectivity index (χ2n) is 31.8. The number of hydrogen-bond acceptors (Lipinski definition) is 20. The SMILES string of the molecule is Cc1c(C)c(S(=O)(=O)NC(=NCCC[C@H](NC(=O)CCCCCC(=O)NCCCCCNC(=O)CN2CCN(CC(=O)OC(C)(C)C)CCN(CC(=O)OC(C)(C)C)CCN(CC(=O)OC(C)(C)C)CC2)C(=O)NCCCCCNC(=O)c2ccc(C(=O)O)c3ccccc23)N(C)C)c(C)c2c1OC(C)(C)C2. The summed E-state index contributed by atoms with van der Waals surface area (Å²) < 4.78 is 54.3. The fraction of sp³-hybridized carbons (Fsp3) is 0.667. The van der Waals surface area contributed by atoms with E-state index in [2.05, 4.69) is 36.3 Å². The fourth-order valence-corrected chi connectivity index (χ4v) is 14.4. The van der Waals surface area contributed by atoms with Crippen molar-refractivity contribution in [3.05, 3.63) is 69.8 Å². The van der Waals surface area contributed by atoms with Gasteiger partial charge in [-0.15, -0.1) is 0 Å². The highest BCUT2D eigenvalue weighted by Crippen LogP contribution is 2.44. The van der Waals surface area contributed by atoms with Crippen molar-refractivity contribution in [2.45, 2.75) is 220 Å². The molecular weight excluding hydrogens is 1390 g/mol. The van der Waals surface area contributed by atoms with E-state index in [1.165, 1.54) is 12.1 Å². The number of carbonyl (C=O) groups is 9. The Morgan fingerprint density at radius 2 is 0.981 bits per heavy atom. The summed E-state index contributed by atoms with van der Waals surface area (Å²) in [6.07, 6.45) is 6.98. The second-order valence-corrected chi connectivity index (χ2v) is 33.4. The molecule has 5 rings (SSSR count). The summed E-state index contributed by atoms with van der Waals surface area (Å²) in [5.74, 6) is -2.78. The average molecular weight is 1520 g/mol. The first-order valence-electron chi connectivity index (χ1n) is 37.9. The first-order valence-corrected chi connectivity index (χ1v) is 39.3. The molecule has 107 heavy (non-hydrogen) atoms. The van der Waals surface area contributed by atoms with Crippen LogP contribution in [0.2, 0.25) is 0 Å². The number of unbranched alkanes of at least 4 members (excludes halogenated alkanes) is 6. The van der Waals surface area contributed by atoms with E-state index in [4.69, 9.17) is 18.9 Å². The van der Waals surface area contributed by atoms with Crippen LogP contribution in [-0.4, -0.2) is 251 Å². The highest BCUT2D eigenvalue weighted by atomic mass is 32.2. The fourth-order valence-electron chi connectivity index (χ4n) is 12.7. The molecular formula is C78H124N12O16S.